The number of aryl methyl sites for hydroxylation is 1. The number of nitrogens with zero attached hydrogens (tertiary/aromatic N) is 1. The van der Waals surface area contributed by atoms with Crippen LogP contribution < -0.4 is 0 Å². The molecule has 24 heavy (non-hydrogen) atoms. The fourth-order valence-electron chi connectivity index (χ4n) is 4.16. The molecule has 0 aromatic heterocycles. The van der Waals surface area contributed by atoms with Crippen molar-refractivity contribution in [3.8, 4) is 0 Å². The number of hydrogen-bond acceptors (Lipinski definition) is 2. The molecular formula is C22H37NO. The monoisotopic (exact) mass is 331 g/mol. The Balaban J connectivity index is 1.65. The topological polar surface area (TPSA) is 23.5 Å². The quantitative estimate of drug-likeness (QED) is 0.564. The minimum absolute atomic E-state index is 0.145. The highest BCUT2D eigenvalue weighted by atomic mass is 16.3. The molecule has 2 nitrogen and oxygen atoms in total. The summed E-state index contributed by atoms with van der Waals surface area (Å²) >= 11 is 0. The van der Waals surface area contributed by atoms with Crippen LogP contribution in [0.25, 0.3) is 0 Å². The van der Waals surface area contributed by atoms with Crippen molar-refractivity contribution in [3.05, 3.63) is 35.9 Å². The van der Waals surface area contributed by atoms with Gasteiger partial charge in [-0.1, -0.05) is 82.2 Å². The largest absolute Gasteiger partial charge is 0.391 e. The van der Waals surface area contributed by atoms with Crippen LogP contribution in [0, 0.1) is 0 Å². The Morgan fingerprint density at radius 2 is 1.62 bits per heavy atom. The Morgan fingerprint density at radius 3 is 2.33 bits per heavy atom. The van der Waals surface area contributed by atoms with E-state index in [1.165, 1.54) is 56.9 Å². The lowest BCUT2D eigenvalue weighted by molar-refractivity contribution is 0.117. The maximum absolute atomic E-state index is 10.5. The first kappa shape index (κ1) is 19.5. The molecule has 1 aliphatic heterocycles. The molecule has 0 spiro atoms. The Hall–Kier alpha value is -0.860. The van der Waals surface area contributed by atoms with Gasteiger partial charge in [-0.3, -0.25) is 4.90 Å². The van der Waals surface area contributed by atoms with Crippen molar-refractivity contribution in [1.82, 2.24) is 4.90 Å². The summed E-state index contributed by atoms with van der Waals surface area (Å²) in [6.07, 6.45) is 13.8. The summed E-state index contributed by atoms with van der Waals surface area (Å²) in [4.78, 5) is 2.46. The fraction of sp³-hybridized carbons (Fsp3) is 0.727. The van der Waals surface area contributed by atoms with Crippen LogP contribution in [-0.2, 0) is 6.42 Å². The van der Waals surface area contributed by atoms with Gasteiger partial charge < -0.3 is 5.11 Å². The number of hydrogen-bond donors (Lipinski definition) is 1. The molecule has 1 saturated heterocycles. The minimum atomic E-state index is -0.145. The van der Waals surface area contributed by atoms with Crippen LogP contribution >= 0.6 is 0 Å². The van der Waals surface area contributed by atoms with Crippen molar-refractivity contribution in [2.45, 2.75) is 95.7 Å². The Bertz CT molecular complexity index is 433. The van der Waals surface area contributed by atoms with E-state index in [1.54, 1.807) is 0 Å². The molecule has 136 valence electrons. The second-order valence-corrected chi connectivity index (χ2v) is 7.62. The summed E-state index contributed by atoms with van der Waals surface area (Å²) in [5, 5.41) is 10.5. The Labute approximate surface area is 149 Å². The predicted molar refractivity (Wildman–Crippen MR) is 103 cm³/mol. The molecule has 0 amide bonds. The second-order valence-electron chi connectivity index (χ2n) is 7.62. The van der Waals surface area contributed by atoms with Gasteiger partial charge in [0, 0.05) is 12.1 Å². The third kappa shape index (κ3) is 6.22. The van der Waals surface area contributed by atoms with Crippen molar-refractivity contribution < 1.29 is 5.11 Å². The van der Waals surface area contributed by atoms with Crippen molar-refractivity contribution in [1.29, 1.82) is 0 Å². The minimum Gasteiger partial charge on any atom is -0.391 e. The zero-order valence-corrected chi connectivity index (χ0v) is 15.8. The zero-order valence-electron chi connectivity index (χ0n) is 15.8. The van der Waals surface area contributed by atoms with Crippen molar-refractivity contribution in [2.75, 3.05) is 7.05 Å². The van der Waals surface area contributed by atoms with Crippen LogP contribution in [0.5, 0.6) is 0 Å². The van der Waals surface area contributed by atoms with Crippen molar-refractivity contribution >= 4 is 0 Å². The van der Waals surface area contributed by atoms with Crippen LogP contribution in [0.2, 0.25) is 0 Å². The molecule has 1 aliphatic rings. The van der Waals surface area contributed by atoms with Gasteiger partial charge in [0.25, 0.3) is 0 Å². The Kier molecular flexibility index (Phi) is 8.83. The van der Waals surface area contributed by atoms with E-state index >= 15 is 0 Å². The average Bonchev–Trinajstić information content (AvgIpc) is 2.87. The lowest BCUT2D eigenvalue weighted by atomic mass is 10.0. The fourth-order valence-corrected chi connectivity index (χ4v) is 4.16. The Morgan fingerprint density at radius 1 is 0.958 bits per heavy atom. The van der Waals surface area contributed by atoms with Crippen LogP contribution in [0.3, 0.4) is 0 Å². The molecule has 0 saturated carbocycles. The maximum Gasteiger partial charge on any atom is 0.0710 e. The van der Waals surface area contributed by atoms with Crippen LogP contribution in [0.15, 0.2) is 30.3 Å². The first-order chi connectivity index (χ1) is 11.7. The molecule has 3 unspecified atom stereocenters. The number of likely N-dealkylation sites (tertiary alicyclic amines) is 1. The van der Waals surface area contributed by atoms with Gasteiger partial charge in [0.05, 0.1) is 6.10 Å². The first-order valence-electron chi connectivity index (χ1n) is 10.2. The highest BCUT2D eigenvalue weighted by Crippen LogP contribution is 2.29. The summed E-state index contributed by atoms with van der Waals surface area (Å²) in [6, 6.07) is 11.6. The molecule has 2 heteroatoms. The van der Waals surface area contributed by atoms with Crippen LogP contribution in [-0.4, -0.2) is 35.2 Å². The predicted octanol–water partition coefficient (Wildman–Crippen LogP) is 5.19. The molecule has 1 aromatic carbocycles. The highest BCUT2D eigenvalue weighted by molar-refractivity contribution is 5.15. The third-order valence-electron chi connectivity index (χ3n) is 5.77. The van der Waals surface area contributed by atoms with E-state index < -0.39 is 0 Å². The van der Waals surface area contributed by atoms with E-state index in [-0.39, 0.29) is 6.10 Å². The number of rotatable bonds is 11. The summed E-state index contributed by atoms with van der Waals surface area (Å²) < 4.78 is 0. The number of aliphatic hydroxyl groups is 1. The van der Waals surface area contributed by atoms with Gasteiger partial charge >= 0.3 is 0 Å². The SMILES string of the molecule is CCCCCCCCCC1CC(O)C(CCc2ccccc2)N1C. The second kappa shape index (κ2) is 10.9. The van der Waals surface area contributed by atoms with Gasteiger partial charge in [0.15, 0.2) is 0 Å². The van der Waals surface area contributed by atoms with E-state index in [0.717, 1.165) is 19.3 Å². The smallest absolute Gasteiger partial charge is 0.0710 e. The number of likely N-dealkylation sites (N-methyl/N-ethyl adjacent to an activating group) is 1. The zero-order chi connectivity index (χ0) is 17.2. The molecule has 1 aromatic rings. The van der Waals surface area contributed by atoms with Gasteiger partial charge in [0.1, 0.15) is 0 Å². The van der Waals surface area contributed by atoms with E-state index in [9.17, 15) is 5.11 Å². The van der Waals surface area contributed by atoms with E-state index in [0.29, 0.717) is 12.1 Å². The summed E-state index contributed by atoms with van der Waals surface area (Å²) in [5.41, 5.74) is 1.38. The van der Waals surface area contributed by atoms with Crippen molar-refractivity contribution in [2.24, 2.45) is 0 Å². The van der Waals surface area contributed by atoms with Gasteiger partial charge in [-0.05, 0) is 38.3 Å². The van der Waals surface area contributed by atoms with Crippen LogP contribution in [0.1, 0.15) is 76.7 Å². The molecule has 0 radical (unpaired) electrons. The van der Waals surface area contributed by atoms with E-state index in [2.05, 4.69) is 49.2 Å². The lowest BCUT2D eigenvalue weighted by Gasteiger charge is -2.26. The van der Waals surface area contributed by atoms with E-state index in [1.807, 2.05) is 0 Å². The number of benzene rings is 1. The van der Waals surface area contributed by atoms with Gasteiger partial charge in [-0.15, -0.1) is 0 Å². The molecule has 2 rings (SSSR count). The molecule has 0 bridgehead atoms. The average molecular weight is 332 g/mol. The van der Waals surface area contributed by atoms with E-state index in [4.69, 9.17) is 0 Å². The first-order valence-corrected chi connectivity index (χ1v) is 10.2. The van der Waals surface area contributed by atoms with Gasteiger partial charge in [-0.2, -0.15) is 0 Å². The number of unbranched alkanes of at least 4 members (excludes halogenated alkanes) is 6. The number of aliphatic hydroxyl groups excluding tert-OH is 1. The molecule has 1 N–H and O–H groups in total. The van der Waals surface area contributed by atoms with Gasteiger partial charge in [-0.25, -0.2) is 0 Å². The third-order valence-corrected chi connectivity index (χ3v) is 5.77. The summed E-state index contributed by atoms with van der Waals surface area (Å²) in [7, 11) is 2.22. The normalized spacial score (nSPS) is 24.5. The molecule has 3 atom stereocenters. The molecule has 1 heterocycles. The summed E-state index contributed by atoms with van der Waals surface area (Å²) in [5.74, 6) is 0. The lowest BCUT2D eigenvalue weighted by Crippen LogP contribution is -2.35. The standard InChI is InChI=1S/C22H37NO/c1-3-4-5-6-7-8-12-15-20-18-22(24)21(23(20)2)17-16-19-13-10-9-11-14-19/h9-11,13-14,20-22,24H,3-8,12,15-18H2,1-2H3. The molecule has 0 aliphatic carbocycles. The highest BCUT2D eigenvalue weighted by Gasteiger charge is 2.36. The van der Waals surface area contributed by atoms with Crippen LogP contribution in [0.4, 0.5) is 0 Å². The molecular weight excluding hydrogens is 294 g/mol. The molecule has 1 fully saturated rings. The maximum atomic E-state index is 10.5. The van der Waals surface area contributed by atoms with Crippen molar-refractivity contribution in [3.63, 3.8) is 0 Å². The summed E-state index contributed by atoms with van der Waals surface area (Å²) in [6.45, 7) is 2.27. The van der Waals surface area contributed by atoms with Gasteiger partial charge in [0.2, 0.25) is 0 Å².